The van der Waals surface area contributed by atoms with E-state index in [1.54, 1.807) is 12.3 Å². The number of carbonyl (C=O) groups excluding carboxylic acids is 1. The molecule has 1 unspecified atom stereocenters. The predicted molar refractivity (Wildman–Crippen MR) is 98.4 cm³/mol. The molecule has 2 aliphatic heterocycles. The number of hydrogen-bond donors (Lipinski definition) is 1. The number of hydrogen-bond acceptors (Lipinski definition) is 5. The number of fused-ring (bicyclic) bond motifs is 1. The molecule has 27 heavy (non-hydrogen) atoms. The number of ether oxygens (including phenoxy) is 2. The average molecular weight is 371 g/mol. The summed E-state index contributed by atoms with van der Waals surface area (Å²) in [5, 5.41) is 3.01. The first kappa shape index (κ1) is 17.6. The maximum atomic E-state index is 14.0. The number of anilines is 1. The van der Waals surface area contributed by atoms with Crippen molar-refractivity contribution in [3.8, 4) is 11.5 Å². The van der Waals surface area contributed by atoms with Gasteiger partial charge in [0.2, 0.25) is 12.7 Å². The minimum absolute atomic E-state index is 0.0268. The molecule has 0 saturated carbocycles. The minimum atomic E-state index is -0.301. The highest BCUT2D eigenvalue weighted by Gasteiger charge is 2.22. The van der Waals surface area contributed by atoms with Gasteiger partial charge in [-0.25, -0.2) is 4.39 Å². The van der Waals surface area contributed by atoms with Crippen molar-refractivity contribution in [3.63, 3.8) is 0 Å². The van der Waals surface area contributed by atoms with Crippen LogP contribution < -0.4 is 19.7 Å². The van der Waals surface area contributed by atoms with Crippen LogP contribution in [0.25, 0.3) is 0 Å². The third-order valence-corrected chi connectivity index (χ3v) is 5.00. The number of aromatic nitrogens is 1. The highest BCUT2D eigenvalue weighted by molar-refractivity contribution is 5.78. The van der Waals surface area contributed by atoms with Crippen LogP contribution in [-0.4, -0.2) is 37.3 Å². The largest absolute Gasteiger partial charge is 0.454 e. The zero-order valence-corrected chi connectivity index (χ0v) is 15.0. The second kappa shape index (κ2) is 7.82. The summed E-state index contributed by atoms with van der Waals surface area (Å²) in [5.74, 6) is 1.37. The molecule has 7 heteroatoms. The average Bonchev–Trinajstić information content (AvgIpc) is 3.15. The fourth-order valence-corrected chi connectivity index (χ4v) is 3.63. The molecule has 1 saturated heterocycles. The van der Waals surface area contributed by atoms with Crippen LogP contribution in [0.15, 0.2) is 36.7 Å². The molecule has 1 aromatic carbocycles. The van der Waals surface area contributed by atoms with Crippen molar-refractivity contribution in [3.05, 3.63) is 48.0 Å². The Morgan fingerprint density at radius 3 is 3.07 bits per heavy atom. The lowest BCUT2D eigenvalue weighted by Gasteiger charge is -2.34. The molecule has 1 atom stereocenters. The van der Waals surface area contributed by atoms with E-state index in [0.717, 1.165) is 31.5 Å². The summed E-state index contributed by atoms with van der Waals surface area (Å²) in [6.45, 7) is 2.36. The van der Waals surface area contributed by atoms with Crippen LogP contribution in [-0.2, 0) is 11.2 Å². The van der Waals surface area contributed by atoms with E-state index in [1.165, 1.54) is 6.20 Å². The Balaban J connectivity index is 1.29. The van der Waals surface area contributed by atoms with Crippen LogP contribution in [0.5, 0.6) is 11.5 Å². The molecule has 1 fully saturated rings. The molecule has 0 radical (unpaired) electrons. The van der Waals surface area contributed by atoms with Crippen LogP contribution in [0.1, 0.15) is 18.4 Å². The Kier molecular flexibility index (Phi) is 5.09. The summed E-state index contributed by atoms with van der Waals surface area (Å²) < 4.78 is 24.6. The molecule has 1 aromatic heterocycles. The van der Waals surface area contributed by atoms with Crippen molar-refractivity contribution in [1.82, 2.24) is 10.3 Å². The Bertz CT molecular complexity index is 830. The van der Waals surface area contributed by atoms with E-state index in [9.17, 15) is 9.18 Å². The second-order valence-corrected chi connectivity index (χ2v) is 6.95. The van der Waals surface area contributed by atoms with Gasteiger partial charge in [-0.2, -0.15) is 0 Å². The van der Waals surface area contributed by atoms with Gasteiger partial charge >= 0.3 is 0 Å². The van der Waals surface area contributed by atoms with E-state index in [4.69, 9.17) is 9.47 Å². The molecular weight excluding hydrogens is 349 g/mol. The van der Waals surface area contributed by atoms with Gasteiger partial charge in [0.15, 0.2) is 17.3 Å². The topological polar surface area (TPSA) is 63.7 Å². The Labute approximate surface area is 157 Å². The maximum absolute atomic E-state index is 14.0. The van der Waals surface area contributed by atoms with Gasteiger partial charge in [0.05, 0.1) is 18.3 Å². The highest BCUT2D eigenvalue weighted by atomic mass is 19.1. The molecule has 2 aliphatic rings. The number of piperidine rings is 1. The minimum Gasteiger partial charge on any atom is -0.454 e. The number of pyridine rings is 1. The monoisotopic (exact) mass is 371 g/mol. The Hall–Kier alpha value is -2.83. The van der Waals surface area contributed by atoms with Crippen LogP contribution in [0.3, 0.4) is 0 Å². The number of nitrogens with one attached hydrogen (secondary N) is 1. The van der Waals surface area contributed by atoms with Crippen molar-refractivity contribution in [2.24, 2.45) is 5.92 Å². The number of benzene rings is 1. The first-order chi connectivity index (χ1) is 13.2. The van der Waals surface area contributed by atoms with Gasteiger partial charge < -0.3 is 19.7 Å². The van der Waals surface area contributed by atoms with Crippen molar-refractivity contribution >= 4 is 11.6 Å². The molecule has 0 spiro atoms. The zero-order valence-electron chi connectivity index (χ0n) is 15.0. The highest BCUT2D eigenvalue weighted by Crippen LogP contribution is 2.32. The predicted octanol–water partition coefficient (Wildman–Crippen LogP) is 2.52. The van der Waals surface area contributed by atoms with E-state index in [-0.39, 0.29) is 18.5 Å². The number of nitrogens with zero attached hydrogens (tertiary/aromatic N) is 2. The molecule has 3 heterocycles. The fourth-order valence-electron chi connectivity index (χ4n) is 3.63. The van der Waals surface area contributed by atoms with Crippen LogP contribution in [0, 0.1) is 11.7 Å². The van der Waals surface area contributed by atoms with Gasteiger partial charge in [-0.1, -0.05) is 6.07 Å². The first-order valence-electron chi connectivity index (χ1n) is 9.19. The van der Waals surface area contributed by atoms with E-state index in [2.05, 4.69) is 10.3 Å². The standard InChI is InChI=1S/C20H22FN3O3/c21-16-11-22-6-5-17(16)24-7-1-2-15(12-24)10-23-20(25)9-14-3-4-18-19(8-14)27-13-26-18/h3-6,8,11,15H,1-2,7,9-10,12-13H2,(H,23,25). The van der Waals surface area contributed by atoms with Crippen molar-refractivity contribution < 1.29 is 18.7 Å². The van der Waals surface area contributed by atoms with Crippen molar-refractivity contribution in [2.45, 2.75) is 19.3 Å². The molecule has 6 nitrogen and oxygen atoms in total. The number of amides is 1. The molecule has 142 valence electrons. The molecular formula is C20H22FN3O3. The normalized spacial score (nSPS) is 18.4. The lowest BCUT2D eigenvalue weighted by molar-refractivity contribution is -0.120. The third kappa shape index (κ3) is 4.13. The Morgan fingerprint density at radius 1 is 1.30 bits per heavy atom. The fraction of sp³-hybridized carbons (Fsp3) is 0.400. The van der Waals surface area contributed by atoms with Crippen LogP contribution in [0.4, 0.5) is 10.1 Å². The van der Waals surface area contributed by atoms with E-state index in [0.29, 0.717) is 36.1 Å². The molecule has 4 rings (SSSR count). The summed E-state index contributed by atoms with van der Waals surface area (Å²) in [5.41, 5.74) is 1.47. The third-order valence-electron chi connectivity index (χ3n) is 5.00. The van der Waals surface area contributed by atoms with E-state index in [1.807, 2.05) is 23.1 Å². The SMILES string of the molecule is O=C(Cc1ccc2c(c1)OCO2)NCC1CCCN(c2ccncc2F)C1. The lowest BCUT2D eigenvalue weighted by atomic mass is 9.97. The van der Waals surface area contributed by atoms with Crippen LogP contribution in [0.2, 0.25) is 0 Å². The maximum Gasteiger partial charge on any atom is 0.231 e. The summed E-state index contributed by atoms with van der Waals surface area (Å²) in [7, 11) is 0. The van der Waals surface area contributed by atoms with Gasteiger partial charge in [-0.3, -0.25) is 9.78 Å². The quantitative estimate of drug-likeness (QED) is 0.875. The summed E-state index contributed by atoms with van der Waals surface area (Å²) in [6, 6.07) is 7.25. The van der Waals surface area contributed by atoms with Gasteiger partial charge in [0.1, 0.15) is 0 Å². The van der Waals surface area contributed by atoms with Gasteiger partial charge in [0, 0.05) is 25.8 Å². The van der Waals surface area contributed by atoms with Gasteiger partial charge in [0.25, 0.3) is 0 Å². The van der Waals surface area contributed by atoms with E-state index < -0.39 is 0 Å². The first-order valence-corrected chi connectivity index (χ1v) is 9.19. The van der Waals surface area contributed by atoms with Gasteiger partial charge in [-0.15, -0.1) is 0 Å². The van der Waals surface area contributed by atoms with Crippen molar-refractivity contribution in [1.29, 1.82) is 0 Å². The number of carbonyl (C=O) groups is 1. The number of halogens is 1. The van der Waals surface area contributed by atoms with Crippen LogP contribution >= 0.6 is 0 Å². The summed E-state index contributed by atoms with van der Waals surface area (Å²) >= 11 is 0. The Morgan fingerprint density at radius 2 is 2.19 bits per heavy atom. The summed E-state index contributed by atoms with van der Waals surface area (Å²) in [6.07, 6.45) is 5.14. The summed E-state index contributed by atoms with van der Waals surface area (Å²) in [4.78, 5) is 18.1. The number of rotatable bonds is 5. The van der Waals surface area contributed by atoms with E-state index >= 15 is 0 Å². The molecule has 0 bridgehead atoms. The lowest BCUT2D eigenvalue weighted by Crippen LogP contribution is -2.41. The zero-order chi connectivity index (χ0) is 18.6. The smallest absolute Gasteiger partial charge is 0.231 e. The second-order valence-electron chi connectivity index (χ2n) is 6.95. The molecule has 1 amide bonds. The van der Waals surface area contributed by atoms with Gasteiger partial charge in [-0.05, 0) is 42.5 Å². The molecule has 1 N–H and O–H groups in total. The van der Waals surface area contributed by atoms with Crippen molar-refractivity contribution in [2.75, 3.05) is 31.3 Å². The molecule has 2 aromatic rings. The molecule has 0 aliphatic carbocycles.